The number of nitrogens with one attached hydrogen (secondary N) is 3. The molecule has 0 radical (unpaired) electrons. The number of pyridine rings is 1. The number of nitrogens with zero attached hydrogens (tertiary/aromatic N) is 1. The number of carbonyl (C=O) groups excluding carboxylic acids is 4. The van der Waals surface area contributed by atoms with Crippen LogP contribution in [-0.2, 0) is 33.4 Å². The Bertz CT molecular complexity index is 1240. The standard InChI is InChI=1S/C22H20F2N4O5/c1-11-6-14(9-25-18(11)30)22(23,24)21(33)26-8-12-2-3-15-13(7-12)10-28(20(15)32)16-4-5-17(29)27-19(16)31/h2-3,6-7,9,16H,4-5,8,10H2,1H3,(H,25,30)(H,26,33)(H,27,29,31). The smallest absolute Gasteiger partial charge is 0.346 e. The number of aryl methyl sites for hydroxylation is 1. The van der Waals surface area contributed by atoms with Crippen molar-refractivity contribution in [2.75, 3.05) is 0 Å². The summed E-state index contributed by atoms with van der Waals surface area (Å²) in [6.07, 6.45) is 1.17. The Balaban J connectivity index is 1.44. The average Bonchev–Trinajstić information content (AvgIpc) is 3.09. The molecule has 172 valence electrons. The maximum Gasteiger partial charge on any atom is 0.351 e. The summed E-state index contributed by atoms with van der Waals surface area (Å²) in [6, 6.07) is 4.87. The van der Waals surface area contributed by atoms with E-state index in [2.05, 4.69) is 15.6 Å². The zero-order valence-electron chi connectivity index (χ0n) is 17.5. The molecule has 0 aliphatic carbocycles. The van der Waals surface area contributed by atoms with Gasteiger partial charge in [0, 0.05) is 42.4 Å². The van der Waals surface area contributed by atoms with Gasteiger partial charge in [-0.1, -0.05) is 12.1 Å². The lowest BCUT2D eigenvalue weighted by Crippen LogP contribution is -2.52. The molecule has 1 saturated heterocycles. The van der Waals surface area contributed by atoms with Gasteiger partial charge in [-0.2, -0.15) is 8.78 Å². The zero-order valence-corrected chi connectivity index (χ0v) is 17.5. The van der Waals surface area contributed by atoms with Crippen molar-refractivity contribution in [1.29, 1.82) is 0 Å². The number of alkyl halides is 2. The Morgan fingerprint density at radius 3 is 2.67 bits per heavy atom. The minimum absolute atomic E-state index is 0.0591. The highest BCUT2D eigenvalue weighted by Crippen LogP contribution is 2.29. The molecule has 4 amide bonds. The van der Waals surface area contributed by atoms with Gasteiger partial charge in [-0.15, -0.1) is 0 Å². The monoisotopic (exact) mass is 458 g/mol. The molecule has 11 heteroatoms. The number of halogens is 2. The van der Waals surface area contributed by atoms with Crippen molar-refractivity contribution in [2.45, 2.75) is 44.8 Å². The second-order valence-corrected chi connectivity index (χ2v) is 8.05. The van der Waals surface area contributed by atoms with Crippen LogP contribution in [0, 0.1) is 6.92 Å². The minimum Gasteiger partial charge on any atom is -0.346 e. The summed E-state index contributed by atoms with van der Waals surface area (Å²) >= 11 is 0. The first-order valence-corrected chi connectivity index (χ1v) is 10.2. The van der Waals surface area contributed by atoms with E-state index >= 15 is 0 Å². The number of hydrogen-bond donors (Lipinski definition) is 3. The Kier molecular flexibility index (Phi) is 5.56. The molecular weight excluding hydrogens is 438 g/mol. The van der Waals surface area contributed by atoms with Crippen LogP contribution in [0.5, 0.6) is 0 Å². The summed E-state index contributed by atoms with van der Waals surface area (Å²) < 4.78 is 29.0. The van der Waals surface area contributed by atoms with E-state index in [0.29, 0.717) is 16.7 Å². The number of rotatable bonds is 5. The summed E-state index contributed by atoms with van der Waals surface area (Å²) in [6.45, 7) is 1.28. The number of imide groups is 1. The van der Waals surface area contributed by atoms with Crippen LogP contribution in [0.3, 0.4) is 0 Å². The Morgan fingerprint density at radius 2 is 1.97 bits per heavy atom. The van der Waals surface area contributed by atoms with Gasteiger partial charge in [0.1, 0.15) is 6.04 Å². The van der Waals surface area contributed by atoms with E-state index < -0.39 is 34.9 Å². The highest BCUT2D eigenvalue weighted by atomic mass is 19.3. The summed E-state index contributed by atoms with van der Waals surface area (Å²) in [4.78, 5) is 63.3. The summed E-state index contributed by atoms with van der Waals surface area (Å²) in [5.74, 6) is -6.65. The minimum atomic E-state index is -3.86. The molecule has 1 aromatic carbocycles. The predicted molar refractivity (Wildman–Crippen MR) is 110 cm³/mol. The lowest BCUT2D eigenvalue weighted by Gasteiger charge is -2.29. The first-order chi connectivity index (χ1) is 15.6. The van der Waals surface area contributed by atoms with Crippen molar-refractivity contribution in [1.82, 2.24) is 20.5 Å². The van der Waals surface area contributed by atoms with Crippen LogP contribution in [0.25, 0.3) is 0 Å². The predicted octanol–water partition coefficient (Wildman–Crippen LogP) is 0.853. The van der Waals surface area contributed by atoms with Gasteiger partial charge >= 0.3 is 5.92 Å². The Morgan fingerprint density at radius 1 is 1.21 bits per heavy atom. The number of piperidine rings is 1. The van der Waals surface area contributed by atoms with E-state index in [0.717, 1.165) is 12.3 Å². The van der Waals surface area contributed by atoms with Crippen LogP contribution in [0.1, 0.15) is 45.5 Å². The van der Waals surface area contributed by atoms with E-state index in [9.17, 15) is 32.8 Å². The molecule has 1 fully saturated rings. The van der Waals surface area contributed by atoms with Gasteiger partial charge in [0.25, 0.3) is 17.4 Å². The highest BCUT2D eigenvalue weighted by molar-refractivity contribution is 6.05. The molecule has 1 atom stereocenters. The van der Waals surface area contributed by atoms with Crippen molar-refractivity contribution in [3.8, 4) is 0 Å². The summed E-state index contributed by atoms with van der Waals surface area (Å²) in [5.41, 5.74) is 0.381. The van der Waals surface area contributed by atoms with Crippen LogP contribution >= 0.6 is 0 Å². The van der Waals surface area contributed by atoms with Gasteiger partial charge in [0.2, 0.25) is 11.8 Å². The summed E-state index contributed by atoms with van der Waals surface area (Å²) in [7, 11) is 0. The lowest BCUT2D eigenvalue weighted by atomic mass is 10.0. The van der Waals surface area contributed by atoms with Gasteiger partial charge in [-0.25, -0.2) is 0 Å². The molecule has 3 N–H and O–H groups in total. The van der Waals surface area contributed by atoms with Gasteiger partial charge in [-0.05, 0) is 36.6 Å². The molecule has 2 aromatic rings. The van der Waals surface area contributed by atoms with E-state index in [1.165, 1.54) is 24.0 Å². The molecule has 1 unspecified atom stereocenters. The van der Waals surface area contributed by atoms with Crippen LogP contribution in [0.2, 0.25) is 0 Å². The SMILES string of the molecule is Cc1cc(C(F)(F)C(=O)NCc2ccc3c(c2)CN(C2CCC(=O)NC2=O)C3=O)c[nH]c1=O. The summed E-state index contributed by atoms with van der Waals surface area (Å²) in [5, 5.41) is 4.40. The molecule has 4 rings (SSSR count). The van der Waals surface area contributed by atoms with Crippen molar-refractivity contribution < 1.29 is 28.0 Å². The number of carbonyl (C=O) groups is 4. The normalized spacial score (nSPS) is 18.2. The first kappa shape index (κ1) is 22.3. The van der Waals surface area contributed by atoms with E-state index in [1.807, 2.05) is 0 Å². The molecule has 2 aliphatic rings. The third-order valence-corrected chi connectivity index (χ3v) is 5.78. The maximum absolute atomic E-state index is 14.5. The van der Waals surface area contributed by atoms with Gasteiger partial charge in [0.15, 0.2) is 0 Å². The topological polar surface area (TPSA) is 128 Å². The Hall–Kier alpha value is -3.89. The number of amides is 4. The molecule has 9 nitrogen and oxygen atoms in total. The van der Waals surface area contributed by atoms with E-state index in [4.69, 9.17) is 0 Å². The quantitative estimate of drug-likeness (QED) is 0.573. The Labute approximate surface area is 186 Å². The highest BCUT2D eigenvalue weighted by Gasteiger charge is 2.42. The molecule has 33 heavy (non-hydrogen) atoms. The van der Waals surface area contributed by atoms with Gasteiger partial charge in [0.05, 0.1) is 0 Å². The number of hydrogen-bond acceptors (Lipinski definition) is 5. The molecular formula is C22H20F2N4O5. The second-order valence-electron chi connectivity index (χ2n) is 8.05. The molecule has 2 aliphatic heterocycles. The van der Waals surface area contributed by atoms with E-state index in [1.54, 1.807) is 6.07 Å². The average molecular weight is 458 g/mol. The van der Waals surface area contributed by atoms with Gasteiger partial charge < -0.3 is 15.2 Å². The number of fused-ring (bicyclic) bond motifs is 1. The van der Waals surface area contributed by atoms with E-state index in [-0.39, 0.29) is 43.3 Å². The number of H-pyrrole nitrogens is 1. The van der Waals surface area contributed by atoms with Crippen molar-refractivity contribution in [3.63, 3.8) is 0 Å². The fraction of sp³-hybridized carbons (Fsp3) is 0.318. The van der Waals surface area contributed by atoms with Crippen molar-refractivity contribution >= 4 is 23.6 Å². The molecule has 3 heterocycles. The van der Waals surface area contributed by atoms with Crippen molar-refractivity contribution in [2.24, 2.45) is 0 Å². The number of aromatic nitrogens is 1. The number of benzene rings is 1. The fourth-order valence-electron chi connectivity index (χ4n) is 3.94. The number of aromatic amines is 1. The van der Waals surface area contributed by atoms with Crippen LogP contribution in [0.4, 0.5) is 8.78 Å². The van der Waals surface area contributed by atoms with Crippen LogP contribution in [0.15, 0.2) is 35.3 Å². The molecule has 1 aromatic heterocycles. The molecule has 0 saturated carbocycles. The second kappa shape index (κ2) is 8.23. The molecule has 0 bridgehead atoms. The maximum atomic E-state index is 14.5. The van der Waals surface area contributed by atoms with Crippen LogP contribution in [-0.4, -0.2) is 39.6 Å². The first-order valence-electron chi connectivity index (χ1n) is 10.2. The third-order valence-electron chi connectivity index (χ3n) is 5.78. The zero-order chi connectivity index (χ0) is 23.9. The fourth-order valence-corrected chi connectivity index (χ4v) is 3.94. The lowest BCUT2D eigenvalue weighted by molar-refractivity contribution is -0.147. The molecule has 0 spiro atoms. The van der Waals surface area contributed by atoms with Crippen molar-refractivity contribution in [3.05, 3.63) is 68.6 Å². The van der Waals surface area contributed by atoms with Gasteiger partial charge in [-0.3, -0.25) is 29.3 Å². The largest absolute Gasteiger partial charge is 0.351 e. The third kappa shape index (κ3) is 4.13. The van der Waals surface area contributed by atoms with Crippen LogP contribution < -0.4 is 16.2 Å².